The summed E-state index contributed by atoms with van der Waals surface area (Å²) in [7, 11) is 2.05. The summed E-state index contributed by atoms with van der Waals surface area (Å²) in [6.45, 7) is 10.9. The lowest BCUT2D eigenvalue weighted by Gasteiger charge is -2.18. The van der Waals surface area contributed by atoms with E-state index in [1.165, 1.54) is 0 Å². The molecule has 0 saturated heterocycles. The van der Waals surface area contributed by atoms with Crippen molar-refractivity contribution in [3.8, 4) is 0 Å². The first-order valence-electron chi connectivity index (χ1n) is 6.97. The van der Waals surface area contributed by atoms with Crippen LogP contribution in [0.1, 0.15) is 32.4 Å². The number of nitrogens with one attached hydrogen (secondary N) is 1. The monoisotopic (exact) mass is 262 g/mol. The van der Waals surface area contributed by atoms with Gasteiger partial charge in [0.25, 0.3) is 0 Å². The lowest BCUT2D eigenvalue weighted by Crippen LogP contribution is -2.22. The number of anilines is 1. The third-order valence-electron chi connectivity index (χ3n) is 2.82. The van der Waals surface area contributed by atoms with E-state index in [4.69, 9.17) is 0 Å². The normalized spacial score (nSPS) is 10.7. The van der Waals surface area contributed by atoms with Crippen molar-refractivity contribution in [3.05, 3.63) is 30.7 Å². The van der Waals surface area contributed by atoms with E-state index >= 15 is 0 Å². The molecule has 0 aromatic carbocycles. The van der Waals surface area contributed by atoms with E-state index in [0.29, 0.717) is 5.92 Å². The van der Waals surface area contributed by atoms with Crippen molar-refractivity contribution in [2.45, 2.75) is 33.2 Å². The molecule has 0 aliphatic carbocycles. The Kier molecular flexibility index (Phi) is 7.11. The lowest BCUT2D eigenvalue weighted by atomic mass is 10.2. The first kappa shape index (κ1) is 15.6. The van der Waals surface area contributed by atoms with E-state index in [1.54, 1.807) is 0 Å². The molecule has 1 rings (SSSR count). The molecule has 4 heteroatoms. The van der Waals surface area contributed by atoms with Crippen LogP contribution in [0.4, 0.5) is 5.82 Å². The molecule has 0 unspecified atom stereocenters. The van der Waals surface area contributed by atoms with Gasteiger partial charge in [-0.15, -0.1) is 6.58 Å². The Hall–Kier alpha value is -1.42. The topological polar surface area (TPSA) is 41.1 Å². The Labute approximate surface area is 117 Å². The van der Waals surface area contributed by atoms with Crippen molar-refractivity contribution in [1.29, 1.82) is 0 Å². The van der Waals surface area contributed by atoms with Crippen molar-refractivity contribution in [2.75, 3.05) is 25.0 Å². The maximum Gasteiger partial charge on any atom is 0.147 e. The molecular weight excluding hydrogens is 236 g/mol. The van der Waals surface area contributed by atoms with Crippen LogP contribution in [0, 0.1) is 5.92 Å². The molecule has 0 amide bonds. The summed E-state index contributed by atoms with van der Waals surface area (Å²) in [6.07, 6.45) is 7.73. The van der Waals surface area contributed by atoms with Crippen molar-refractivity contribution in [3.63, 3.8) is 0 Å². The number of hydrogen-bond donors (Lipinski definition) is 1. The van der Waals surface area contributed by atoms with Gasteiger partial charge >= 0.3 is 0 Å². The smallest absolute Gasteiger partial charge is 0.147 e. The van der Waals surface area contributed by atoms with E-state index in [1.807, 2.05) is 18.5 Å². The third kappa shape index (κ3) is 6.34. The fraction of sp³-hybridized carbons (Fsp3) is 0.600. The average molecular weight is 262 g/mol. The molecule has 0 spiro atoms. The fourth-order valence-corrected chi connectivity index (χ4v) is 1.74. The van der Waals surface area contributed by atoms with E-state index in [9.17, 15) is 0 Å². The molecule has 0 saturated carbocycles. The largest absolute Gasteiger partial charge is 0.358 e. The summed E-state index contributed by atoms with van der Waals surface area (Å²) >= 11 is 0. The number of nitrogens with zero attached hydrogens (tertiary/aromatic N) is 3. The van der Waals surface area contributed by atoms with Crippen molar-refractivity contribution < 1.29 is 0 Å². The summed E-state index contributed by atoms with van der Waals surface area (Å²) in [5.74, 6) is 1.59. The molecule has 4 nitrogen and oxygen atoms in total. The zero-order valence-electron chi connectivity index (χ0n) is 12.4. The van der Waals surface area contributed by atoms with Crippen LogP contribution in [-0.4, -0.2) is 30.1 Å². The summed E-state index contributed by atoms with van der Waals surface area (Å²) in [5, 5.41) is 3.39. The number of hydrogen-bond acceptors (Lipinski definition) is 4. The number of allylic oxidation sites excluding steroid dienone is 1. The van der Waals surface area contributed by atoms with Crippen LogP contribution in [0.2, 0.25) is 0 Å². The molecule has 1 aromatic heterocycles. The number of unbranched alkanes of at least 4 members (excludes halogenated alkanes) is 1. The maximum absolute atomic E-state index is 4.62. The van der Waals surface area contributed by atoms with E-state index in [2.05, 4.69) is 47.7 Å². The highest BCUT2D eigenvalue weighted by Crippen LogP contribution is 2.09. The second-order valence-electron chi connectivity index (χ2n) is 5.25. The Balaban J connectivity index is 2.48. The first-order chi connectivity index (χ1) is 9.13. The molecule has 0 fully saturated rings. The highest BCUT2D eigenvalue weighted by molar-refractivity contribution is 5.34. The second-order valence-corrected chi connectivity index (χ2v) is 5.25. The minimum Gasteiger partial charge on any atom is -0.358 e. The van der Waals surface area contributed by atoms with Gasteiger partial charge in [0.05, 0.1) is 11.9 Å². The average Bonchev–Trinajstić information content (AvgIpc) is 2.39. The van der Waals surface area contributed by atoms with Gasteiger partial charge in [0.15, 0.2) is 0 Å². The van der Waals surface area contributed by atoms with Gasteiger partial charge in [0.1, 0.15) is 5.82 Å². The van der Waals surface area contributed by atoms with Gasteiger partial charge < -0.3 is 10.2 Å². The maximum atomic E-state index is 4.62. The van der Waals surface area contributed by atoms with Crippen LogP contribution >= 0.6 is 0 Å². The number of aromatic nitrogens is 2. The van der Waals surface area contributed by atoms with Crippen LogP contribution in [0.15, 0.2) is 25.0 Å². The van der Waals surface area contributed by atoms with E-state index < -0.39 is 0 Å². The highest BCUT2D eigenvalue weighted by Gasteiger charge is 2.04. The zero-order valence-corrected chi connectivity index (χ0v) is 12.4. The SMILES string of the molecule is C=CCCCN(C)c1cncc(CNCC(C)C)n1. The van der Waals surface area contributed by atoms with Crippen LogP contribution in [0.25, 0.3) is 0 Å². The molecule has 1 N–H and O–H groups in total. The van der Waals surface area contributed by atoms with E-state index in [0.717, 1.165) is 44.0 Å². The second kappa shape index (κ2) is 8.64. The summed E-state index contributed by atoms with van der Waals surface area (Å²) in [5.41, 5.74) is 0.994. The van der Waals surface area contributed by atoms with Crippen LogP contribution < -0.4 is 10.2 Å². The van der Waals surface area contributed by atoms with Gasteiger partial charge in [-0.05, 0) is 25.3 Å². The molecule has 0 aliphatic rings. The van der Waals surface area contributed by atoms with Gasteiger partial charge in [-0.1, -0.05) is 19.9 Å². The summed E-state index contributed by atoms with van der Waals surface area (Å²) < 4.78 is 0. The van der Waals surface area contributed by atoms with Crippen LogP contribution in [0.3, 0.4) is 0 Å². The molecule has 0 bridgehead atoms. The van der Waals surface area contributed by atoms with Crippen LogP contribution in [-0.2, 0) is 6.54 Å². The molecule has 1 aromatic rings. The summed E-state index contributed by atoms with van der Waals surface area (Å²) in [6, 6.07) is 0. The molecule has 19 heavy (non-hydrogen) atoms. The van der Waals surface area contributed by atoms with Gasteiger partial charge in [-0.2, -0.15) is 0 Å². The molecule has 1 heterocycles. The fourth-order valence-electron chi connectivity index (χ4n) is 1.74. The number of rotatable bonds is 9. The molecule has 0 radical (unpaired) electrons. The van der Waals surface area contributed by atoms with E-state index in [-0.39, 0.29) is 0 Å². The Morgan fingerprint density at radius 1 is 1.42 bits per heavy atom. The highest BCUT2D eigenvalue weighted by atomic mass is 15.2. The van der Waals surface area contributed by atoms with Gasteiger partial charge in [-0.3, -0.25) is 4.98 Å². The zero-order chi connectivity index (χ0) is 14.1. The van der Waals surface area contributed by atoms with Crippen molar-refractivity contribution in [2.24, 2.45) is 5.92 Å². The predicted octanol–water partition coefficient (Wildman–Crippen LogP) is 2.62. The molecule has 0 atom stereocenters. The van der Waals surface area contributed by atoms with Gasteiger partial charge in [-0.25, -0.2) is 4.98 Å². The third-order valence-corrected chi connectivity index (χ3v) is 2.82. The minimum absolute atomic E-state index is 0.651. The molecular formula is C15H26N4. The predicted molar refractivity (Wildman–Crippen MR) is 81.3 cm³/mol. The Morgan fingerprint density at radius 3 is 2.89 bits per heavy atom. The van der Waals surface area contributed by atoms with Crippen molar-refractivity contribution in [1.82, 2.24) is 15.3 Å². The van der Waals surface area contributed by atoms with Crippen molar-refractivity contribution >= 4 is 5.82 Å². The Bertz CT molecular complexity index is 376. The molecule has 0 aliphatic heterocycles. The standard InChI is InChI=1S/C15H26N4/c1-5-6-7-8-19(4)15-12-17-11-14(18-15)10-16-9-13(2)3/h5,11-13,16H,1,6-10H2,2-4H3. The van der Waals surface area contributed by atoms with Gasteiger partial charge in [0.2, 0.25) is 0 Å². The molecule has 106 valence electrons. The van der Waals surface area contributed by atoms with Gasteiger partial charge in [0, 0.05) is 26.3 Å². The quantitative estimate of drug-likeness (QED) is 0.548. The lowest BCUT2D eigenvalue weighted by molar-refractivity contribution is 0.547. The minimum atomic E-state index is 0.651. The summed E-state index contributed by atoms with van der Waals surface area (Å²) in [4.78, 5) is 11.0. The Morgan fingerprint density at radius 2 is 2.21 bits per heavy atom. The van der Waals surface area contributed by atoms with Crippen LogP contribution in [0.5, 0.6) is 0 Å². The first-order valence-corrected chi connectivity index (χ1v) is 6.97.